The Balaban J connectivity index is 2.28. The fourth-order valence-electron chi connectivity index (χ4n) is 2.03. The summed E-state index contributed by atoms with van der Waals surface area (Å²) in [6.45, 7) is 0.563. The van der Waals surface area contributed by atoms with Crippen LogP contribution in [-0.4, -0.2) is 24.5 Å². The van der Waals surface area contributed by atoms with E-state index in [1.54, 1.807) is 6.07 Å². The van der Waals surface area contributed by atoms with E-state index in [4.69, 9.17) is 28.9 Å². The molecule has 1 aromatic carbocycles. The van der Waals surface area contributed by atoms with Crippen LogP contribution in [0.2, 0.25) is 10.0 Å². The van der Waals surface area contributed by atoms with Crippen LogP contribution in [0.25, 0.3) is 0 Å². The molecular weight excluding hydrogens is 243 g/mol. The van der Waals surface area contributed by atoms with Crippen LogP contribution in [0.5, 0.6) is 0 Å². The van der Waals surface area contributed by atoms with Crippen molar-refractivity contribution >= 4 is 23.2 Å². The van der Waals surface area contributed by atoms with E-state index in [0.29, 0.717) is 22.6 Å². The largest absolute Gasteiger partial charge is 0.329 e. The lowest BCUT2D eigenvalue weighted by Gasteiger charge is -2.28. The Morgan fingerprint density at radius 1 is 1.44 bits per heavy atom. The summed E-state index contributed by atoms with van der Waals surface area (Å²) in [6, 6.07) is 6.55. The fraction of sp³-hybridized carbons (Fsp3) is 0.500. The molecule has 1 aliphatic carbocycles. The topological polar surface area (TPSA) is 29.3 Å². The van der Waals surface area contributed by atoms with Crippen molar-refractivity contribution in [1.29, 1.82) is 0 Å². The molecule has 2 rings (SSSR count). The SMILES string of the molecule is CN(C1CC1)C(CN)c1cccc(Cl)c1Cl. The van der Waals surface area contributed by atoms with Crippen molar-refractivity contribution in [3.63, 3.8) is 0 Å². The zero-order valence-corrected chi connectivity index (χ0v) is 10.8. The second-order valence-electron chi connectivity index (χ2n) is 4.29. The zero-order valence-electron chi connectivity index (χ0n) is 9.29. The van der Waals surface area contributed by atoms with Gasteiger partial charge in [-0.3, -0.25) is 4.90 Å². The molecule has 88 valence electrons. The molecule has 4 heteroatoms. The minimum Gasteiger partial charge on any atom is -0.329 e. The van der Waals surface area contributed by atoms with E-state index >= 15 is 0 Å². The van der Waals surface area contributed by atoms with Crippen LogP contribution in [0, 0.1) is 0 Å². The average Bonchev–Trinajstić information content (AvgIpc) is 3.08. The summed E-state index contributed by atoms with van der Waals surface area (Å²) in [5.41, 5.74) is 6.88. The van der Waals surface area contributed by atoms with E-state index in [2.05, 4.69) is 11.9 Å². The highest BCUT2D eigenvalue weighted by molar-refractivity contribution is 6.42. The lowest BCUT2D eigenvalue weighted by Crippen LogP contribution is -2.32. The zero-order chi connectivity index (χ0) is 11.7. The van der Waals surface area contributed by atoms with Gasteiger partial charge in [-0.1, -0.05) is 35.3 Å². The van der Waals surface area contributed by atoms with E-state index in [0.717, 1.165) is 5.56 Å². The number of likely N-dealkylation sites (N-methyl/N-ethyl adjacent to an activating group) is 1. The van der Waals surface area contributed by atoms with Gasteiger partial charge in [0.25, 0.3) is 0 Å². The van der Waals surface area contributed by atoms with Crippen molar-refractivity contribution in [3.05, 3.63) is 33.8 Å². The molecule has 1 saturated carbocycles. The second-order valence-corrected chi connectivity index (χ2v) is 5.08. The molecule has 2 nitrogen and oxygen atoms in total. The number of nitrogens with two attached hydrogens (primary N) is 1. The molecule has 1 unspecified atom stereocenters. The first-order valence-corrected chi connectivity index (χ1v) is 6.26. The van der Waals surface area contributed by atoms with Crippen molar-refractivity contribution in [2.45, 2.75) is 24.9 Å². The van der Waals surface area contributed by atoms with Crippen LogP contribution in [0.3, 0.4) is 0 Å². The van der Waals surface area contributed by atoms with Crippen LogP contribution in [0.15, 0.2) is 18.2 Å². The van der Waals surface area contributed by atoms with Gasteiger partial charge in [0.1, 0.15) is 0 Å². The Labute approximate surface area is 106 Å². The maximum absolute atomic E-state index is 6.22. The van der Waals surface area contributed by atoms with Crippen molar-refractivity contribution in [1.82, 2.24) is 4.90 Å². The van der Waals surface area contributed by atoms with Gasteiger partial charge in [0, 0.05) is 18.6 Å². The van der Waals surface area contributed by atoms with E-state index in [1.165, 1.54) is 12.8 Å². The molecule has 0 saturated heterocycles. The molecule has 2 N–H and O–H groups in total. The maximum Gasteiger partial charge on any atom is 0.0640 e. The summed E-state index contributed by atoms with van der Waals surface area (Å²) in [4.78, 5) is 2.30. The minimum atomic E-state index is 0.165. The fourth-order valence-corrected chi connectivity index (χ4v) is 2.46. The highest BCUT2D eigenvalue weighted by atomic mass is 35.5. The van der Waals surface area contributed by atoms with E-state index in [1.807, 2.05) is 12.1 Å². The van der Waals surface area contributed by atoms with E-state index < -0.39 is 0 Å². The highest BCUT2D eigenvalue weighted by Crippen LogP contribution is 2.36. The third-order valence-corrected chi connectivity index (χ3v) is 4.01. The van der Waals surface area contributed by atoms with Crippen molar-refractivity contribution in [3.8, 4) is 0 Å². The summed E-state index contributed by atoms with van der Waals surface area (Å²) in [6.07, 6.45) is 2.51. The quantitative estimate of drug-likeness (QED) is 0.900. The predicted octanol–water partition coefficient (Wildman–Crippen LogP) is 3.09. The molecule has 16 heavy (non-hydrogen) atoms. The Bertz CT molecular complexity index is 377. The Hall–Kier alpha value is -0.280. The summed E-state index contributed by atoms with van der Waals surface area (Å²) in [7, 11) is 2.10. The molecule has 0 amide bonds. The first-order chi connectivity index (χ1) is 7.65. The lowest BCUT2D eigenvalue weighted by atomic mass is 10.1. The first-order valence-electron chi connectivity index (χ1n) is 5.51. The molecule has 1 fully saturated rings. The highest BCUT2D eigenvalue weighted by Gasteiger charge is 2.32. The minimum absolute atomic E-state index is 0.165. The molecule has 0 aromatic heterocycles. The molecule has 0 radical (unpaired) electrons. The number of hydrogen-bond donors (Lipinski definition) is 1. The normalized spacial score (nSPS) is 17.8. The van der Waals surface area contributed by atoms with Gasteiger partial charge in [-0.15, -0.1) is 0 Å². The number of benzene rings is 1. The van der Waals surface area contributed by atoms with Gasteiger partial charge in [-0.05, 0) is 31.5 Å². The van der Waals surface area contributed by atoms with Crippen LogP contribution < -0.4 is 5.73 Å². The standard InChI is InChI=1S/C12H16Cl2N2/c1-16(8-5-6-8)11(7-15)9-3-2-4-10(13)12(9)14/h2-4,8,11H,5-7,15H2,1H3. The Morgan fingerprint density at radius 2 is 2.12 bits per heavy atom. The third kappa shape index (κ3) is 2.35. The Kier molecular flexibility index (Phi) is 3.75. The van der Waals surface area contributed by atoms with E-state index in [-0.39, 0.29) is 6.04 Å². The smallest absolute Gasteiger partial charge is 0.0640 e. The van der Waals surface area contributed by atoms with Crippen molar-refractivity contribution in [2.75, 3.05) is 13.6 Å². The van der Waals surface area contributed by atoms with Gasteiger partial charge in [0.15, 0.2) is 0 Å². The maximum atomic E-state index is 6.22. The van der Waals surface area contributed by atoms with Gasteiger partial charge >= 0.3 is 0 Å². The molecule has 1 aromatic rings. The summed E-state index contributed by atoms with van der Waals surface area (Å²) in [5.74, 6) is 0. The summed E-state index contributed by atoms with van der Waals surface area (Å²) < 4.78 is 0. The van der Waals surface area contributed by atoms with E-state index in [9.17, 15) is 0 Å². The third-order valence-electron chi connectivity index (χ3n) is 3.18. The molecule has 1 aliphatic rings. The van der Waals surface area contributed by atoms with Gasteiger partial charge in [0.05, 0.1) is 10.0 Å². The number of nitrogens with zero attached hydrogens (tertiary/aromatic N) is 1. The molecule has 1 atom stereocenters. The average molecular weight is 259 g/mol. The monoisotopic (exact) mass is 258 g/mol. The van der Waals surface area contributed by atoms with Crippen LogP contribution >= 0.6 is 23.2 Å². The van der Waals surface area contributed by atoms with Crippen LogP contribution in [0.4, 0.5) is 0 Å². The van der Waals surface area contributed by atoms with Gasteiger partial charge in [-0.2, -0.15) is 0 Å². The summed E-state index contributed by atoms with van der Waals surface area (Å²) in [5, 5.41) is 1.23. The summed E-state index contributed by atoms with van der Waals surface area (Å²) >= 11 is 12.2. The Morgan fingerprint density at radius 3 is 2.69 bits per heavy atom. The lowest BCUT2D eigenvalue weighted by molar-refractivity contribution is 0.240. The van der Waals surface area contributed by atoms with Crippen molar-refractivity contribution < 1.29 is 0 Å². The number of hydrogen-bond acceptors (Lipinski definition) is 2. The van der Waals surface area contributed by atoms with Gasteiger partial charge < -0.3 is 5.73 Å². The predicted molar refractivity (Wildman–Crippen MR) is 69.0 cm³/mol. The first kappa shape index (κ1) is 12.2. The van der Waals surface area contributed by atoms with Gasteiger partial charge in [0.2, 0.25) is 0 Å². The number of rotatable bonds is 4. The van der Waals surface area contributed by atoms with Crippen LogP contribution in [0.1, 0.15) is 24.4 Å². The molecule has 0 heterocycles. The molecule has 0 aliphatic heterocycles. The molecule has 0 bridgehead atoms. The van der Waals surface area contributed by atoms with Crippen molar-refractivity contribution in [2.24, 2.45) is 5.73 Å². The molecular formula is C12H16Cl2N2. The molecule has 0 spiro atoms. The number of halogens is 2. The second kappa shape index (κ2) is 4.92. The van der Waals surface area contributed by atoms with Crippen LogP contribution in [-0.2, 0) is 0 Å². The van der Waals surface area contributed by atoms with Gasteiger partial charge in [-0.25, -0.2) is 0 Å².